The quantitative estimate of drug-likeness (QED) is 0.195. The first-order valence-electron chi connectivity index (χ1n) is 13.9. The van der Waals surface area contributed by atoms with Crippen LogP contribution in [-0.4, -0.2) is 35.9 Å². The molecule has 2 N–H and O–H groups in total. The average Bonchev–Trinajstić information content (AvgIpc) is 3.00. The third kappa shape index (κ3) is 6.88. The van der Waals surface area contributed by atoms with E-state index >= 15 is 0 Å². The predicted molar refractivity (Wildman–Crippen MR) is 156 cm³/mol. The average molecular weight is 599 g/mol. The van der Waals surface area contributed by atoms with E-state index in [2.05, 4.69) is 0 Å². The maximum atomic E-state index is 14.3. The van der Waals surface area contributed by atoms with Crippen molar-refractivity contribution in [3.63, 3.8) is 0 Å². The summed E-state index contributed by atoms with van der Waals surface area (Å²) in [4.78, 5) is 28.8. The molecule has 1 aliphatic carbocycles. The van der Waals surface area contributed by atoms with Gasteiger partial charge in [0.1, 0.15) is 0 Å². The topological polar surface area (TPSA) is 72.6 Å². The lowest BCUT2D eigenvalue weighted by atomic mass is 9.80. The summed E-state index contributed by atoms with van der Waals surface area (Å²) in [5.74, 6) is -4.71. The highest BCUT2D eigenvalue weighted by Gasteiger charge is 2.43. The van der Waals surface area contributed by atoms with E-state index < -0.39 is 48.1 Å². The van der Waals surface area contributed by atoms with Crippen molar-refractivity contribution in [2.45, 2.75) is 56.2 Å². The van der Waals surface area contributed by atoms with E-state index in [9.17, 15) is 22.8 Å². The maximum Gasteiger partial charge on any atom is 0.308 e. The van der Waals surface area contributed by atoms with Gasteiger partial charge >= 0.3 is 12.0 Å². The molecular weight excluding hydrogens is 565 g/mol. The summed E-state index contributed by atoms with van der Waals surface area (Å²) < 4.78 is 47.1. The second-order valence-electron chi connectivity index (χ2n) is 10.6. The molecule has 0 bridgehead atoms. The van der Waals surface area contributed by atoms with Crippen molar-refractivity contribution in [1.82, 2.24) is 4.90 Å². The lowest BCUT2D eigenvalue weighted by Gasteiger charge is -2.38. The van der Waals surface area contributed by atoms with Gasteiger partial charge in [0.2, 0.25) is 5.91 Å². The summed E-state index contributed by atoms with van der Waals surface area (Å²) in [5, 5.41) is 0.324. The molecule has 3 aromatic rings. The number of benzene rings is 3. The van der Waals surface area contributed by atoms with Crippen LogP contribution in [0.15, 0.2) is 96.8 Å². The first-order valence-corrected chi connectivity index (χ1v) is 14.3. The molecule has 222 valence electrons. The van der Waals surface area contributed by atoms with Crippen LogP contribution < -0.4 is 5.73 Å². The number of carbonyl (C=O) groups is 2. The largest absolute Gasteiger partial charge is 0.444 e. The van der Waals surface area contributed by atoms with Gasteiger partial charge in [-0.1, -0.05) is 103 Å². The summed E-state index contributed by atoms with van der Waals surface area (Å²) in [7, 11) is 1.52. The number of rotatable bonds is 10. The van der Waals surface area contributed by atoms with Crippen LogP contribution in [0, 0.1) is 5.92 Å². The minimum atomic E-state index is -2.53. The molecule has 4 rings (SSSR count). The van der Waals surface area contributed by atoms with Gasteiger partial charge in [-0.05, 0) is 18.9 Å². The van der Waals surface area contributed by atoms with Crippen LogP contribution in [0.3, 0.4) is 0 Å². The lowest BCUT2D eigenvalue weighted by molar-refractivity contribution is -0.157. The zero-order valence-corrected chi connectivity index (χ0v) is 24.1. The van der Waals surface area contributed by atoms with Crippen LogP contribution in [0.1, 0.15) is 55.2 Å². The minimum absolute atomic E-state index is 0.303. The Labute approximate surface area is 249 Å². The first-order chi connectivity index (χ1) is 20.1. The van der Waals surface area contributed by atoms with Crippen molar-refractivity contribution in [2.24, 2.45) is 11.7 Å². The number of esters is 1. The number of hydrogen-bond acceptors (Lipinski definition) is 4. The Hall–Kier alpha value is -3.62. The lowest BCUT2D eigenvalue weighted by Crippen LogP contribution is -2.52. The molecule has 0 heterocycles. The second-order valence-corrected chi connectivity index (χ2v) is 11.0. The molecule has 1 aliphatic rings. The molecule has 3 aromatic carbocycles. The standard InChI is InChI=1S/C33H34ClF3N2O3/c1-39(29-19-11-10-18-28(29)38)32(41)22(20-27(35)31(36)37)21-30(40)42-33(23-12-4-2-5-13-23,24-14-6-3-7-15-24)25-16-8-9-17-26(25)34/h2-9,12-17,22,28-29H,10-11,18-21,38H2,1H3/t22-,28+,29+/m1/s1. The molecule has 0 aliphatic heterocycles. The molecule has 1 saturated carbocycles. The molecule has 0 radical (unpaired) electrons. The number of nitrogens with zero attached hydrogens (tertiary/aromatic N) is 1. The van der Waals surface area contributed by atoms with Crippen molar-refractivity contribution < 1.29 is 27.5 Å². The Morgan fingerprint density at radius 3 is 2.00 bits per heavy atom. The van der Waals surface area contributed by atoms with E-state index in [-0.39, 0.29) is 12.1 Å². The fourth-order valence-electron chi connectivity index (χ4n) is 5.77. The van der Waals surface area contributed by atoms with Crippen LogP contribution in [0.2, 0.25) is 5.02 Å². The Morgan fingerprint density at radius 1 is 0.905 bits per heavy atom. The summed E-state index contributed by atoms with van der Waals surface area (Å²) in [5.41, 5.74) is 6.32. The highest BCUT2D eigenvalue weighted by Crippen LogP contribution is 2.44. The predicted octanol–water partition coefficient (Wildman–Crippen LogP) is 7.38. The normalized spacial score (nSPS) is 17.7. The van der Waals surface area contributed by atoms with Crippen LogP contribution >= 0.6 is 11.6 Å². The second kappa shape index (κ2) is 14.0. The molecule has 9 heteroatoms. The van der Waals surface area contributed by atoms with Crippen molar-refractivity contribution in [1.29, 1.82) is 0 Å². The highest BCUT2D eigenvalue weighted by molar-refractivity contribution is 6.31. The van der Waals surface area contributed by atoms with Crippen molar-refractivity contribution >= 4 is 23.5 Å². The maximum absolute atomic E-state index is 14.3. The minimum Gasteiger partial charge on any atom is -0.444 e. The van der Waals surface area contributed by atoms with Crippen LogP contribution in [-0.2, 0) is 19.9 Å². The molecule has 5 nitrogen and oxygen atoms in total. The smallest absolute Gasteiger partial charge is 0.308 e. The van der Waals surface area contributed by atoms with Gasteiger partial charge in [0, 0.05) is 47.3 Å². The van der Waals surface area contributed by atoms with Gasteiger partial charge in [0.05, 0.1) is 12.3 Å². The molecule has 1 fully saturated rings. The molecule has 42 heavy (non-hydrogen) atoms. The third-order valence-corrected chi connectivity index (χ3v) is 8.23. The van der Waals surface area contributed by atoms with Crippen molar-refractivity contribution in [2.75, 3.05) is 7.05 Å². The Kier molecular flexibility index (Phi) is 10.5. The van der Waals surface area contributed by atoms with E-state index in [4.69, 9.17) is 22.1 Å². The number of carbonyl (C=O) groups excluding carboxylic acids is 2. The van der Waals surface area contributed by atoms with E-state index in [1.807, 2.05) is 12.1 Å². The number of halogens is 4. The van der Waals surface area contributed by atoms with Gasteiger partial charge in [-0.3, -0.25) is 9.59 Å². The van der Waals surface area contributed by atoms with Gasteiger partial charge in [-0.25, -0.2) is 4.39 Å². The molecule has 0 unspecified atom stereocenters. The summed E-state index contributed by atoms with van der Waals surface area (Å²) in [6, 6.07) is 24.2. The zero-order chi connectivity index (χ0) is 30.3. The fourth-order valence-corrected chi connectivity index (χ4v) is 6.04. The van der Waals surface area contributed by atoms with Crippen LogP contribution in [0.5, 0.6) is 0 Å². The van der Waals surface area contributed by atoms with E-state index in [1.165, 1.54) is 11.9 Å². The molecule has 0 spiro atoms. The molecule has 1 amide bonds. The summed E-state index contributed by atoms with van der Waals surface area (Å²) in [6.45, 7) is 0. The van der Waals surface area contributed by atoms with Gasteiger partial charge in [0.15, 0.2) is 11.4 Å². The first kappa shape index (κ1) is 31.3. The van der Waals surface area contributed by atoms with Gasteiger partial charge in [-0.2, -0.15) is 8.78 Å². The van der Waals surface area contributed by atoms with E-state index in [0.717, 1.165) is 12.8 Å². The molecule has 3 atom stereocenters. The van der Waals surface area contributed by atoms with Crippen molar-refractivity contribution in [3.05, 3.63) is 119 Å². The van der Waals surface area contributed by atoms with Gasteiger partial charge in [-0.15, -0.1) is 0 Å². The third-order valence-electron chi connectivity index (χ3n) is 7.90. The molecule has 0 aromatic heterocycles. The van der Waals surface area contributed by atoms with Gasteiger partial charge in [0.25, 0.3) is 0 Å². The number of allylic oxidation sites excluding steroid dienone is 1. The SMILES string of the molecule is CN(C(=O)[C@@H](CC(=O)OC(c1ccccc1)(c1ccccc1)c1ccccc1Cl)CC(F)=C(F)F)[C@H]1CCCC[C@@H]1N. The number of amides is 1. The summed E-state index contributed by atoms with van der Waals surface area (Å²) in [6.07, 6.45) is -1.01. The number of nitrogens with two attached hydrogens (primary N) is 1. The van der Waals surface area contributed by atoms with Crippen LogP contribution in [0.25, 0.3) is 0 Å². The Morgan fingerprint density at radius 2 is 1.45 bits per heavy atom. The van der Waals surface area contributed by atoms with Crippen molar-refractivity contribution in [3.8, 4) is 0 Å². The zero-order valence-electron chi connectivity index (χ0n) is 23.3. The van der Waals surface area contributed by atoms with Crippen LogP contribution in [0.4, 0.5) is 13.2 Å². The fraction of sp³-hybridized carbons (Fsp3) is 0.333. The molecule has 0 saturated heterocycles. The summed E-state index contributed by atoms with van der Waals surface area (Å²) >= 11 is 6.69. The number of hydrogen-bond donors (Lipinski definition) is 1. The number of likely N-dealkylation sites (N-methyl/N-ethyl adjacent to an activating group) is 1. The number of ether oxygens (including phenoxy) is 1. The van der Waals surface area contributed by atoms with E-state index in [0.29, 0.717) is 34.6 Å². The Balaban J connectivity index is 1.75. The Bertz CT molecular complexity index is 1360. The monoisotopic (exact) mass is 598 g/mol. The highest BCUT2D eigenvalue weighted by atomic mass is 35.5. The molecular formula is C33H34ClF3N2O3. The van der Waals surface area contributed by atoms with Gasteiger partial charge < -0.3 is 15.4 Å². The van der Waals surface area contributed by atoms with E-state index in [1.54, 1.807) is 72.8 Å².